The molecule has 0 unspecified atom stereocenters. The highest BCUT2D eigenvalue weighted by molar-refractivity contribution is 5.97. The average molecular weight is 769 g/mol. The second-order valence-electron chi connectivity index (χ2n) is 15.0. The van der Waals surface area contributed by atoms with Gasteiger partial charge in [-0.05, 0) is 105 Å². The molecule has 3 heterocycles. The average Bonchev–Trinajstić information content (AvgIpc) is 4.02. The van der Waals surface area contributed by atoms with E-state index in [-0.39, 0.29) is 0 Å². The Morgan fingerprint density at radius 3 is 1.50 bits per heavy atom. The topological polar surface area (TPSA) is 70.0 Å². The van der Waals surface area contributed by atoms with Gasteiger partial charge in [0.05, 0.1) is 18.6 Å². The van der Waals surface area contributed by atoms with Crippen LogP contribution in [-0.2, 0) is 5.41 Å². The lowest BCUT2D eigenvalue weighted by Crippen LogP contribution is -2.32. The van der Waals surface area contributed by atoms with E-state index in [2.05, 4.69) is 76.4 Å². The predicted molar refractivity (Wildman–Crippen MR) is 233 cm³/mol. The molecular weight excluding hydrogens is 741 g/mol. The summed E-state index contributed by atoms with van der Waals surface area (Å²) in [5.74, 6) is 2.45. The van der Waals surface area contributed by atoms with Crippen molar-refractivity contribution in [2.75, 3.05) is 0 Å². The summed E-state index contributed by atoms with van der Waals surface area (Å²) in [6.45, 7) is 17.0. The van der Waals surface area contributed by atoms with Gasteiger partial charge in [0.1, 0.15) is 22.5 Å². The van der Waals surface area contributed by atoms with Crippen molar-refractivity contribution in [3.8, 4) is 67.8 Å². The lowest BCUT2D eigenvalue weighted by atomic mass is 9.66. The summed E-state index contributed by atoms with van der Waals surface area (Å²) in [6, 6.07) is 56.5. The number of benzene rings is 8. The fourth-order valence-electron chi connectivity index (χ4n) is 9.29. The molecule has 1 aliphatic heterocycles. The van der Waals surface area contributed by atoms with Gasteiger partial charge in [-0.25, -0.2) is 19.7 Å². The molecule has 2 aliphatic rings. The molecule has 7 nitrogen and oxygen atoms in total. The maximum atomic E-state index is 8.52. The van der Waals surface area contributed by atoms with E-state index < -0.39 is 5.41 Å². The molecular formula is C53H28N4O3. The van der Waals surface area contributed by atoms with Crippen molar-refractivity contribution in [2.24, 2.45) is 0 Å². The zero-order valence-corrected chi connectivity index (χ0v) is 31.7. The third-order valence-electron chi connectivity index (χ3n) is 11.8. The highest BCUT2D eigenvalue weighted by atomic mass is 16.5. The number of fused-ring (bicyclic) bond motifs is 11. The summed E-state index contributed by atoms with van der Waals surface area (Å²) in [7, 11) is 0. The third-order valence-corrected chi connectivity index (χ3v) is 11.8. The van der Waals surface area contributed by atoms with E-state index in [1.807, 2.05) is 103 Å². The first-order valence-corrected chi connectivity index (χ1v) is 19.5. The van der Waals surface area contributed by atoms with E-state index >= 15 is 0 Å². The number of para-hydroxylation sites is 6. The van der Waals surface area contributed by atoms with Gasteiger partial charge in [0, 0.05) is 22.3 Å². The van der Waals surface area contributed by atoms with Crippen molar-refractivity contribution in [3.05, 3.63) is 215 Å². The number of rotatable bonds is 4. The minimum absolute atomic E-state index is 0.344. The lowest BCUT2D eigenvalue weighted by molar-refractivity contribution is 0.436. The van der Waals surface area contributed by atoms with E-state index in [0.29, 0.717) is 56.6 Å². The molecule has 10 aromatic rings. The Morgan fingerprint density at radius 1 is 0.417 bits per heavy atom. The quantitative estimate of drug-likeness (QED) is 0.167. The van der Waals surface area contributed by atoms with Gasteiger partial charge in [-0.3, -0.25) is 0 Å². The van der Waals surface area contributed by atoms with Crippen LogP contribution in [0.3, 0.4) is 0 Å². The molecule has 1 spiro atoms. The zero-order chi connectivity index (χ0) is 40.0. The van der Waals surface area contributed by atoms with Gasteiger partial charge >= 0.3 is 0 Å². The Labute approximate surface area is 344 Å². The van der Waals surface area contributed by atoms with Crippen LogP contribution < -0.4 is 4.74 Å². The fourth-order valence-corrected chi connectivity index (χ4v) is 9.29. The van der Waals surface area contributed by atoms with Gasteiger partial charge < -0.3 is 13.6 Å². The second-order valence-corrected chi connectivity index (χ2v) is 15.0. The van der Waals surface area contributed by atoms with Crippen LogP contribution in [0.15, 0.2) is 179 Å². The van der Waals surface area contributed by atoms with Crippen LogP contribution in [0.4, 0.5) is 11.4 Å². The molecule has 0 fully saturated rings. The van der Waals surface area contributed by atoms with Gasteiger partial charge in [-0.1, -0.05) is 109 Å². The van der Waals surface area contributed by atoms with E-state index in [0.717, 1.165) is 61.5 Å². The SMILES string of the molecule is [C-]#[N+]c1cc(-c2ccc3c(c2)C2(c4ccccc4Oc4ccccc42)c2ccccc2-3)cc([N+]#[C-])c1-c1cc(-c2nc3ccccc3o2)cc(-c2nc3ccccc3o2)c1. The van der Waals surface area contributed by atoms with Crippen LogP contribution in [0.2, 0.25) is 0 Å². The van der Waals surface area contributed by atoms with Gasteiger partial charge in [0.25, 0.3) is 0 Å². The summed E-state index contributed by atoms with van der Waals surface area (Å²) >= 11 is 0. The van der Waals surface area contributed by atoms with E-state index in [1.165, 1.54) is 5.56 Å². The maximum absolute atomic E-state index is 8.52. The Hall–Kier alpha value is -8.52. The molecule has 0 saturated carbocycles. The molecule has 0 radical (unpaired) electrons. The molecule has 0 saturated heterocycles. The van der Waals surface area contributed by atoms with Gasteiger partial charge in [-0.15, -0.1) is 0 Å². The summed E-state index contributed by atoms with van der Waals surface area (Å²) in [5.41, 5.74) is 13.7. The largest absolute Gasteiger partial charge is 0.457 e. The number of hydrogen-bond donors (Lipinski definition) is 0. The number of nitrogens with zero attached hydrogens (tertiary/aromatic N) is 4. The molecule has 0 bridgehead atoms. The van der Waals surface area contributed by atoms with Crippen LogP contribution in [0.5, 0.6) is 11.5 Å². The first-order valence-electron chi connectivity index (χ1n) is 19.5. The molecule has 0 amide bonds. The van der Waals surface area contributed by atoms with Crippen LogP contribution in [-0.4, -0.2) is 9.97 Å². The summed E-state index contributed by atoms with van der Waals surface area (Å²) in [5, 5.41) is 0. The van der Waals surface area contributed by atoms with Gasteiger partial charge in [0.2, 0.25) is 11.8 Å². The molecule has 1 aliphatic carbocycles. The number of oxazole rings is 2. The standard InChI is InChI=1S/C53H28N4O3/c1-54-44-29-32(31-23-24-37-36-13-3-4-14-38(36)53(41(37)28-31)39-15-5-9-19-46(39)58-47-20-10-6-16-40(47)53)30-45(55-2)50(44)33-25-34(51-56-42-17-7-11-21-48(42)59-51)27-35(26-33)52-57-43-18-8-12-22-49(43)60-52/h3-30H. The Bertz CT molecular complexity index is 3290. The highest BCUT2D eigenvalue weighted by Gasteiger charge is 2.51. The van der Waals surface area contributed by atoms with Crippen LogP contribution in [0.25, 0.3) is 88.2 Å². The van der Waals surface area contributed by atoms with Gasteiger partial charge in [0.15, 0.2) is 22.5 Å². The van der Waals surface area contributed by atoms with Crippen molar-refractivity contribution in [3.63, 3.8) is 0 Å². The number of aromatic nitrogens is 2. The molecule has 278 valence electrons. The Balaban J connectivity index is 1.06. The Morgan fingerprint density at radius 2 is 0.917 bits per heavy atom. The zero-order valence-electron chi connectivity index (χ0n) is 31.7. The van der Waals surface area contributed by atoms with Crippen molar-refractivity contribution in [1.29, 1.82) is 0 Å². The van der Waals surface area contributed by atoms with E-state index in [9.17, 15) is 0 Å². The molecule has 0 N–H and O–H groups in total. The monoisotopic (exact) mass is 768 g/mol. The second kappa shape index (κ2) is 12.7. The number of hydrogen-bond acceptors (Lipinski definition) is 5. The normalized spacial score (nSPS) is 12.9. The van der Waals surface area contributed by atoms with Crippen molar-refractivity contribution in [1.82, 2.24) is 9.97 Å². The smallest absolute Gasteiger partial charge is 0.227 e. The predicted octanol–water partition coefficient (Wildman–Crippen LogP) is 14.2. The molecule has 0 atom stereocenters. The van der Waals surface area contributed by atoms with Crippen LogP contribution in [0.1, 0.15) is 22.3 Å². The van der Waals surface area contributed by atoms with Crippen LogP contribution >= 0.6 is 0 Å². The molecule has 12 rings (SSSR count). The first kappa shape index (κ1) is 33.6. The Kier molecular flexibility index (Phi) is 7.14. The van der Waals surface area contributed by atoms with E-state index in [1.54, 1.807) is 0 Å². The first-order chi connectivity index (χ1) is 29.6. The summed E-state index contributed by atoms with van der Waals surface area (Å²) < 4.78 is 19.0. The van der Waals surface area contributed by atoms with Crippen molar-refractivity contribution in [2.45, 2.75) is 5.41 Å². The van der Waals surface area contributed by atoms with Crippen LogP contribution in [0, 0.1) is 13.1 Å². The summed E-state index contributed by atoms with van der Waals surface area (Å²) in [6.07, 6.45) is 0. The minimum Gasteiger partial charge on any atom is -0.457 e. The minimum atomic E-state index is -0.648. The molecule has 8 aromatic carbocycles. The number of ether oxygens (including phenoxy) is 1. The molecule has 60 heavy (non-hydrogen) atoms. The molecule has 2 aromatic heterocycles. The van der Waals surface area contributed by atoms with E-state index in [4.69, 9.17) is 36.7 Å². The lowest BCUT2D eigenvalue weighted by Gasteiger charge is -2.39. The maximum Gasteiger partial charge on any atom is 0.227 e. The van der Waals surface area contributed by atoms with Gasteiger partial charge in [-0.2, -0.15) is 0 Å². The fraction of sp³-hybridized carbons (Fsp3) is 0.0189. The third kappa shape index (κ3) is 4.81. The summed E-state index contributed by atoms with van der Waals surface area (Å²) in [4.78, 5) is 17.7. The molecule has 7 heteroatoms. The van der Waals surface area contributed by atoms with Crippen molar-refractivity contribution < 1.29 is 13.6 Å². The van der Waals surface area contributed by atoms with Crippen molar-refractivity contribution >= 4 is 33.6 Å². The highest BCUT2D eigenvalue weighted by Crippen LogP contribution is 2.62.